The lowest BCUT2D eigenvalue weighted by molar-refractivity contribution is 0.0959. The third-order valence-corrected chi connectivity index (χ3v) is 2.57. The minimum atomic E-state index is -0.447. The lowest BCUT2D eigenvalue weighted by atomic mass is 10.1. The molecule has 0 spiro atoms. The molecular formula is C13H17NO4. The number of carbonyl (C=O) groups excluding carboxylic acids is 2. The van der Waals surface area contributed by atoms with Gasteiger partial charge in [0.25, 0.3) is 0 Å². The van der Waals surface area contributed by atoms with E-state index in [0.717, 1.165) is 0 Å². The first-order valence-corrected chi connectivity index (χ1v) is 5.54. The van der Waals surface area contributed by atoms with Crippen LogP contribution in [0.4, 0.5) is 4.79 Å². The number of nitrogens with zero attached hydrogens (tertiary/aromatic N) is 1. The fraction of sp³-hybridized carbons (Fsp3) is 0.385. The van der Waals surface area contributed by atoms with E-state index in [0.29, 0.717) is 17.9 Å². The van der Waals surface area contributed by atoms with Gasteiger partial charge in [0, 0.05) is 25.6 Å². The summed E-state index contributed by atoms with van der Waals surface area (Å²) in [4.78, 5) is 24.3. The highest BCUT2D eigenvalue weighted by molar-refractivity contribution is 5.96. The Hall–Kier alpha value is -2.04. The maximum Gasteiger partial charge on any atom is 0.409 e. The van der Waals surface area contributed by atoms with Gasteiger partial charge in [-0.25, -0.2) is 4.79 Å². The smallest absolute Gasteiger partial charge is 0.409 e. The Kier molecular flexibility index (Phi) is 5.17. The minimum absolute atomic E-state index is 0.0200. The van der Waals surface area contributed by atoms with Gasteiger partial charge in [0.2, 0.25) is 0 Å². The molecule has 0 unspecified atom stereocenters. The van der Waals surface area contributed by atoms with Crippen LogP contribution in [0, 0.1) is 0 Å². The Labute approximate surface area is 106 Å². The van der Waals surface area contributed by atoms with Crippen LogP contribution < -0.4 is 4.74 Å². The zero-order valence-electron chi connectivity index (χ0n) is 10.8. The number of hydrogen-bond acceptors (Lipinski definition) is 4. The van der Waals surface area contributed by atoms with Crippen molar-refractivity contribution in [2.24, 2.45) is 0 Å². The van der Waals surface area contributed by atoms with Crippen LogP contribution in [0.15, 0.2) is 24.3 Å². The van der Waals surface area contributed by atoms with Crippen LogP contribution in [0.25, 0.3) is 0 Å². The van der Waals surface area contributed by atoms with Crippen LogP contribution in [0.1, 0.15) is 16.8 Å². The summed E-state index contributed by atoms with van der Waals surface area (Å²) in [7, 11) is 4.47. The van der Waals surface area contributed by atoms with Crippen LogP contribution >= 0.6 is 0 Å². The minimum Gasteiger partial charge on any atom is -0.497 e. The van der Waals surface area contributed by atoms with Crippen LogP contribution in [-0.2, 0) is 4.74 Å². The Bertz CT molecular complexity index is 414. The van der Waals surface area contributed by atoms with Gasteiger partial charge in [0.15, 0.2) is 5.78 Å². The number of benzene rings is 1. The highest BCUT2D eigenvalue weighted by atomic mass is 16.5. The number of ketones is 1. The van der Waals surface area contributed by atoms with E-state index in [2.05, 4.69) is 4.74 Å². The molecule has 5 nitrogen and oxygen atoms in total. The SMILES string of the molecule is COC(=O)N(C)CCC(=O)c1ccc(OC)cc1. The predicted octanol–water partition coefficient (Wildman–Crippen LogP) is 1.97. The van der Waals surface area contributed by atoms with Gasteiger partial charge >= 0.3 is 6.09 Å². The van der Waals surface area contributed by atoms with Gasteiger partial charge in [-0.3, -0.25) is 4.79 Å². The molecule has 0 aromatic heterocycles. The Morgan fingerprint density at radius 1 is 1.17 bits per heavy atom. The number of rotatable bonds is 5. The molecule has 1 aromatic carbocycles. The molecule has 0 aliphatic carbocycles. The maximum absolute atomic E-state index is 11.8. The molecule has 0 N–H and O–H groups in total. The van der Waals surface area contributed by atoms with Gasteiger partial charge in [0.1, 0.15) is 5.75 Å². The Morgan fingerprint density at radius 2 is 1.78 bits per heavy atom. The van der Waals surface area contributed by atoms with Gasteiger partial charge in [-0.05, 0) is 24.3 Å². The monoisotopic (exact) mass is 251 g/mol. The molecule has 0 aliphatic rings. The van der Waals surface area contributed by atoms with E-state index in [9.17, 15) is 9.59 Å². The molecule has 0 saturated carbocycles. The van der Waals surface area contributed by atoms with Crippen LogP contribution in [-0.4, -0.2) is 44.6 Å². The zero-order valence-corrected chi connectivity index (χ0v) is 10.8. The van der Waals surface area contributed by atoms with E-state index < -0.39 is 6.09 Å². The topological polar surface area (TPSA) is 55.8 Å². The summed E-state index contributed by atoms with van der Waals surface area (Å²) < 4.78 is 9.55. The molecule has 0 bridgehead atoms. The normalized spacial score (nSPS) is 9.72. The zero-order chi connectivity index (χ0) is 13.5. The van der Waals surface area contributed by atoms with Crippen molar-refractivity contribution >= 4 is 11.9 Å². The molecule has 98 valence electrons. The van der Waals surface area contributed by atoms with E-state index in [4.69, 9.17) is 4.74 Å². The molecule has 0 radical (unpaired) electrons. The Balaban J connectivity index is 2.52. The largest absolute Gasteiger partial charge is 0.497 e. The standard InChI is InChI=1S/C13H17NO4/c1-14(13(16)18-3)9-8-12(15)10-4-6-11(17-2)7-5-10/h4-7H,8-9H2,1-3H3. The first kappa shape index (κ1) is 14.0. The second kappa shape index (κ2) is 6.64. The van der Waals surface area contributed by atoms with Crippen LogP contribution in [0.3, 0.4) is 0 Å². The van der Waals surface area contributed by atoms with Gasteiger partial charge in [0.05, 0.1) is 14.2 Å². The molecule has 1 aromatic rings. The summed E-state index contributed by atoms with van der Waals surface area (Å²) in [5.74, 6) is 0.687. The van der Waals surface area contributed by atoms with Gasteiger partial charge in [-0.1, -0.05) is 0 Å². The number of carbonyl (C=O) groups is 2. The fourth-order valence-corrected chi connectivity index (χ4v) is 1.44. The summed E-state index contributed by atoms with van der Waals surface area (Å²) in [5.41, 5.74) is 0.606. The van der Waals surface area contributed by atoms with E-state index in [1.54, 1.807) is 38.4 Å². The molecular weight excluding hydrogens is 234 g/mol. The van der Waals surface area contributed by atoms with E-state index >= 15 is 0 Å². The second-order valence-corrected chi connectivity index (χ2v) is 3.79. The molecule has 1 amide bonds. The van der Waals surface area contributed by atoms with Gasteiger partial charge in [-0.2, -0.15) is 0 Å². The number of methoxy groups -OCH3 is 2. The molecule has 0 aliphatic heterocycles. The van der Waals surface area contributed by atoms with Crippen molar-refractivity contribution in [1.82, 2.24) is 4.90 Å². The van der Waals surface area contributed by atoms with Crippen molar-refractivity contribution in [3.8, 4) is 5.75 Å². The molecule has 0 atom stereocenters. The van der Waals surface area contributed by atoms with Crippen LogP contribution in [0.5, 0.6) is 5.75 Å². The molecule has 0 fully saturated rings. The quantitative estimate of drug-likeness (QED) is 0.751. The van der Waals surface area contributed by atoms with Crippen molar-refractivity contribution in [2.75, 3.05) is 27.8 Å². The Morgan fingerprint density at radius 3 is 2.28 bits per heavy atom. The van der Waals surface area contributed by atoms with Gasteiger partial charge < -0.3 is 14.4 Å². The first-order valence-electron chi connectivity index (χ1n) is 5.54. The highest BCUT2D eigenvalue weighted by Gasteiger charge is 2.11. The van der Waals surface area contributed by atoms with Crippen molar-refractivity contribution in [3.05, 3.63) is 29.8 Å². The van der Waals surface area contributed by atoms with Gasteiger partial charge in [-0.15, -0.1) is 0 Å². The fourth-order valence-electron chi connectivity index (χ4n) is 1.44. The summed E-state index contributed by atoms with van der Waals surface area (Å²) in [6, 6.07) is 6.88. The van der Waals surface area contributed by atoms with E-state index in [1.165, 1.54) is 12.0 Å². The van der Waals surface area contributed by atoms with E-state index in [-0.39, 0.29) is 12.2 Å². The van der Waals surface area contributed by atoms with Crippen molar-refractivity contribution in [1.29, 1.82) is 0 Å². The van der Waals surface area contributed by atoms with E-state index in [1.807, 2.05) is 0 Å². The number of Topliss-reactive ketones (excluding diaryl/α,β-unsaturated/α-hetero) is 1. The summed E-state index contributed by atoms with van der Waals surface area (Å²) in [5, 5.41) is 0. The number of hydrogen-bond donors (Lipinski definition) is 0. The second-order valence-electron chi connectivity index (χ2n) is 3.79. The third kappa shape index (κ3) is 3.76. The molecule has 5 heteroatoms. The lowest BCUT2D eigenvalue weighted by Gasteiger charge is -2.14. The summed E-state index contributed by atoms with van der Waals surface area (Å²) >= 11 is 0. The lowest BCUT2D eigenvalue weighted by Crippen LogP contribution is -2.28. The maximum atomic E-state index is 11.8. The first-order chi connectivity index (χ1) is 8.58. The molecule has 0 heterocycles. The van der Waals surface area contributed by atoms with Crippen molar-refractivity contribution in [2.45, 2.75) is 6.42 Å². The number of ether oxygens (including phenoxy) is 2. The van der Waals surface area contributed by atoms with Crippen LogP contribution in [0.2, 0.25) is 0 Å². The summed E-state index contributed by atoms with van der Waals surface area (Å²) in [6.45, 7) is 0.331. The molecule has 1 rings (SSSR count). The number of amides is 1. The average molecular weight is 251 g/mol. The molecule has 0 saturated heterocycles. The van der Waals surface area contributed by atoms with Crippen molar-refractivity contribution in [3.63, 3.8) is 0 Å². The average Bonchev–Trinajstić information content (AvgIpc) is 2.43. The predicted molar refractivity (Wildman–Crippen MR) is 67.0 cm³/mol. The molecule has 18 heavy (non-hydrogen) atoms. The summed E-state index contributed by atoms with van der Waals surface area (Å²) in [6.07, 6.45) is -0.185. The van der Waals surface area contributed by atoms with Crippen molar-refractivity contribution < 1.29 is 19.1 Å². The highest BCUT2D eigenvalue weighted by Crippen LogP contribution is 2.12. The third-order valence-electron chi connectivity index (χ3n) is 2.57.